The molecule has 1 amide bonds. The Kier molecular flexibility index (Phi) is 7.34. The van der Waals surface area contributed by atoms with Crippen molar-refractivity contribution in [3.63, 3.8) is 0 Å². The second kappa shape index (κ2) is 7.63. The van der Waals surface area contributed by atoms with E-state index in [0.29, 0.717) is 30.7 Å². The van der Waals surface area contributed by atoms with Gasteiger partial charge in [0, 0.05) is 19.0 Å². The van der Waals surface area contributed by atoms with Gasteiger partial charge in [-0.3, -0.25) is 4.79 Å². The number of primary amides is 1. The Morgan fingerprint density at radius 2 is 1.69 bits per heavy atom. The Morgan fingerprint density at radius 3 is 2.00 bits per heavy atom. The quantitative estimate of drug-likeness (QED) is 0.573. The fraction of sp³-hybridized carbons (Fsp3) is 0.917. The average molecular weight is 229 g/mol. The predicted molar refractivity (Wildman–Crippen MR) is 67.8 cm³/mol. The lowest BCUT2D eigenvalue weighted by atomic mass is 9.85. The molecule has 16 heavy (non-hydrogen) atoms. The van der Waals surface area contributed by atoms with E-state index in [-0.39, 0.29) is 11.9 Å². The van der Waals surface area contributed by atoms with Gasteiger partial charge >= 0.3 is 0 Å². The summed E-state index contributed by atoms with van der Waals surface area (Å²) in [5.74, 6) is 1.55. The Morgan fingerprint density at radius 1 is 1.19 bits per heavy atom. The molecule has 0 aromatic carbocycles. The molecule has 96 valence electrons. The molecule has 4 nitrogen and oxygen atoms in total. The third-order valence-corrected chi connectivity index (χ3v) is 3.09. The minimum absolute atomic E-state index is 0.0116. The summed E-state index contributed by atoms with van der Waals surface area (Å²) in [6, 6.07) is 0.0116. The number of nitrogens with two attached hydrogens (primary N) is 2. The highest BCUT2D eigenvalue weighted by Gasteiger charge is 2.19. The molecule has 1 unspecified atom stereocenters. The van der Waals surface area contributed by atoms with E-state index in [1.165, 1.54) is 0 Å². The van der Waals surface area contributed by atoms with Crippen LogP contribution in [0.25, 0.3) is 0 Å². The molecular weight excluding hydrogens is 202 g/mol. The number of hydrogen-bond donors (Lipinski definition) is 3. The molecule has 5 N–H and O–H groups in total. The fourth-order valence-electron chi connectivity index (χ4n) is 2.03. The lowest BCUT2D eigenvalue weighted by Crippen LogP contribution is -2.43. The maximum atomic E-state index is 10.8. The normalized spacial score (nSPS) is 13.8. The minimum atomic E-state index is -0.298. The summed E-state index contributed by atoms with van der Waals surface area (Å²) in [5.41, 5.74) is 10.7. The molecule has 0 rings (SSSR count). The summed E-state index contributed by atoms with van der Waals surface area (Å²) in [5, 5.41) is 3.34. The van der Waals surface area contributed by atoms with Crippen molar-refractivity contribution in [3.8, 4) is 0 Å². The van der Waals surface area contributed by atoms with Crippen LogP contribution >= 0.6 is 0 Å². The summed E-state index contributed by atoms with van der Waals surface area (Å²) in [6.07, 6.45) is 0.319. The zero-order valence-corrected chi connectivity index (χ0v) is 11.0. The monoisotopic (exact) mass is 229 g/mol. The fourth-order valence-corrected chi connectivity index (χ4v) is 2.03. The summed E-state index contributed by atoms with van der Waals surface area (Å²) >= 11 is 0. The lowest BCUT2D eigenvalue weighted by molar-refractivity contribution is -0.118. The second-order valence-electron chi connectivity index (χ2n) is 5.16. The zero-order chi connectivity index (χ0) is 12.7. The third-order valence-electron chi connectivity index (χ3n) is 3.09. The SMILES string of the molecule is CC(C)C(CNC(CN)CC(N)=O)C(C)C. The highest BCUT2D eigenvalue weighted by Crippen LogP contribution is 2.19. The molecule has 0 fully saturated rings. The van der Waals surface area contributed by atoms with E-state index >= 15 is 0 Å². The van der Waals surface area contributed by atoms with Crippen molar-refractivity contribution in [2.24, 2.45) is 29.2 Å². The molecule has 0 heterocycles. The summed E-state index contributed by atoms with van der Waals surface area (Å²) in [4.78, 5) is 10.8. The van der Waals surface area contributed by atoms with Crippen LogP contribution in [0.1, 0.15) is 34.1 Å². The molecule has 0 bridgehead atoms. The molecule has 0 aliphatic heterocycles. The van der Waals surface area contributed by atoms with Gasteiger partial charge in [-0.25, -0.2) is 0 Å². The first-order valence-electron chi connectivity index (χ1n) is 6.10. The van der Waals surface area contributed by atoms with E-state index in [1.54, 1.807) is 0 Å². The Labute approximate surface area is 99.1 Å². The number of carbonyl (C=O) groups excluding carboxylic acids is 1. The Balaban J connectivity index is 4.11. The molecule has 0 aliphatic carbocycles. The standard InChI is InChI=1S/C12H27N3O/c1-8(2)11(9(3)4)7-15-10(6-13)5-12(14)16/h8-11,15H,5-7,13H2,1-4H3,(H2,14,16). The van der Waals surface area contributed by atoms with E-state index in [9.17, 15) is 4.79 Å². The highest BCUT2D eigenvalue weighted by molar-refractivity contribution is 5.74. The number of hydrogen-bond acceptors (Lipinski definition) is 3. The minimum Gasteiger partial charge on any atom is -0.370 e. The van der Waals surface area contributed by atoms with Crippen LogP contribution in [0.15, 0.2) is 0 Å². The van der Waals surface area contributed by atoms with Crippen molar-refractivity contribution in [2.45, 2.75) is 40.2 Å². The van der Waals surface area contributed by atoms with Gasteiger partial charge in [0.2, 0.25) is 5.91 Å². The van der Waals surface area contributed by atoms with Gasteiger partial charge < -0.3 is 16.8 Å². The number of nitrogens with one attached hydrogen (secondary N) is 1. The largest absolute Gasteiger partial charge is 0.370 e. The van der Waals surface area contributed by atoms with Gasteiger partial charge in [-0.05, 0) is 24.3 Å². The van der Waals surface area contributed by atoms with Crippen molar-refractivity contribution < 1.29 is 4.79 Å². The van der Waals surface area contributed by atoms with Crippen LogP contribution in [0.5, 0.6) is 0 Å². The van der Waals surface area contributed by atoms with Gasteiger partial charge in [0.15, 0.2) is 0 Å². The number of rotatable bonds is 8. The van der Waals surface area contributed by atoms with Crippen molar-refractivity contribution in [3.05, 3.63) is 0 Å². The highest BCUT2D eigenvalue weighted by atomic mass is 16.1. The van der Waals surface area contributed by atoms with Gasteiger partial charge in [-0.2, -0.15) is 0 Å². The maximum absolute atomic E-state index is 10.8. The van der Waals surface area contributed by atoms with Gasteiger partial charge in [0.25, 0.3) is 0 Å². The number of amides is 1. The summed E-state index contributed by atoms with van der Waals surface area (Å²) < 4.78 is 0. The molecule has 0 aromatic heterocycles. The van der Waals surface area contributed by atoms with Gasteiger partial charge in [-0.15, -0.1) is 0 Å². The van der Waals surface area contributed by atoms with Crippen molar-refractivity contribution in [1.82, 2.24) is 5.32 Å². The lowest BCUT2D eigenvalue weighted by Gasteiger charge is -2.27. The maximum Gasteiger partial charge on any atom is 0.219 e. The van der Waals surface area contributed by atoms with E-state index in [4.69, 9.17) is 11.5 Å². The summed E-state index contributed by atoms with van der Waals surface area (Å²) in [6.45, 7) is 10.2. The molecule has 0 saturated carbocycles. The predicted octanol–water partition coefficient (Wildman–Crippen LogP) is 0.707. The number of carbonyl (C=O) groups is 1. The molecular formula is C12H27N3O. The Hall–Kier alpha value is -0.610. The van der Waals surface area contributed by atoms with E-state index in [1.807, 2.05) is 0 Å². The van der Waals surface area contributed by atoms with Crippen LogP contribution < -0.4 is 16.8 Å². The molecule has 0 spiro atoms. The molecule has 0 aliphatic rings. The third kappa shape index (κ3) is 6.08. The van der Waals surface area contributed by atoms with Crippen LogP contribution in [0, 0.1) is 17.8 Å². The molecule has 1 atom stereocenters. The topological polar surface area (TPSA) is 81.1 Å². The average Bonchev–Trinajstić information content (AvgIpc) is 2.14. The molecule has 0 radical (unpaired) electrons. The van der Waals surface area contributed by atoms with Crippen LogP contribution in [0.3, 0.4) is 0 Å². The van der Waals surface area contributed by atoms with E-state index in [2.05, 4.69) is 33.0 Å². The van der Waals surface area contributed by atoms with Crippen LogP contribution in [0.4, 0.5) is 0 Å². The van der Waals surface area contributed by atoms with Crippen LogP contribution in [0.2, 0.25) is 0 Å². The Bertz CT molecular complexity index is 196. The van der Waals surface area contributed by atoms with Crippen molar-refractivity contribution >= 4 is 5.91 Å². The summed E-state index contributed by atoms with van der Waals surface area (Å²) in [7, 11) is 0. The van der Waals surface area contributed by atoms with E-state index in [0.717, 1.165) is 6.54 Å². The molecule has 0 saturated heterocycles. The van der Waals surface area contributed by atoms with Crippen molar-refractivity contribution in [2.75, 3.05) is 13.1 Å². The van der Waals surface area contributed by atoms with Gasteiger partial charge in [0.05, 0.1) is 0 Å². The van der Waals surface area contributed by atoms with Crippen LogP contribution in [-0.2, 0) is 4.79 Å². The zero-order valence-electron chi connectivity index (χ0n) is 11.0. The first kappa shape index (κ1) is 15.4. The first-order chi connectivity index (χ1) is 7.38. The molecule has 4 heteroatoms. The van der Waals surface area contributed by atoms with Crippen molar-refractivity contribution in [1.29, 1.82) is 0 Å². The van der Waals surface area contributed by atoms with E-state index < -0.39 is 0 Å². The molecule has 0 aromatic rings. The van der Waals surface area contributed by atoms with Gasteiger partial charge in [-0.1, -0.05) is 27.7 Å². The first-order valence-corrected chi connectivity index (χ1v) is 6.10. The van der Waals surface area contributed by atoms with Gasteiger partial charge in [0.1, 0.15) is 0 Å². The van der Waals surface area contributed by atoms with Crippen LogP contribution in [-0.4, -0.2) is 25.0 Å². The second-order valence-corrected chi connectivity index (χ2v) is 5.16. The smallest absolute Gasteiger partial charge is 0.219 e.